The Hall–Kier alpha value is -7.36. The molecule has 0 radical (unpaired) electrons. The zero-order chi connectivity index (χ0) is 49.9. The van der Waals surface area contributed by atoms with Gasteiger partial charge in [0.25, 0.3) is 0 Å². The van der Waals surface area contributed by atoms with Gasteiger partial charge in [-0.05, 0) is 185 Å². The first-order chi connectivity index (χ1) is 34.6. The molecule has 3 heteroatoms. The van der Waals surface area contributed by atoms with E-state index in [1.807, 2.05) is 0 Å². The third kappa shape index (κ3) is 9.11. The fourth-order valence-electron chi connectivity index (χ4n) is 11.9. The first kappa shape index (κ1) is 47.0. The van der Waals surface area contributed by atoms with E-state index in [1.165, 1.54) is 77.6 Å². The smallest absolute Gasteiger partial charge is 0.120 e. The van der Waals surface area contributed by atoms with Gasteiger partial charge in [-0.15, -0.1) is 0 Å². The Balaban J connectivity index is 0.987. The second kappa shape index (κ2) is 18.4. The maximum atomic E-state index is 6.25. The van der Waals surface area contributed by atoms with Crippen LogP contribution in [0, 0.1) is 11.3 Å². The second-order valence-corrected chi connectivity index (χ2v) is 23.2. The number of fused-ring (bicyclic) bond motifs is 6. The number of hydrogen-bond donors (Lipinski definition) is 0. The highest BCUT2D eigenvalue weighted by molar-refractivity contribution is 6.11. The van der Waals surface area contributed by atoms with Gasteiger partial charge in [-0.3, -0.25) is 0 Å². The van der Waals surface area contributed by atoms with Gasteiger partial charge in [0, 0.05) is 39.4 Å². The molecule has 0 N–H and O–H groups in total. The summed E-state index contributed by atoms with van der Waals surface area (Å²) in [6.07, 6.45) is 20.5. The van der Waals surface area contributed by atoms with E-state index in [-0.39, 0.29) is 16.4 Å². The first-order valence-corrected chi connectivity index (χ1v) is 26.1. The lowest BCUT2D eigenvalue weighted by Gasteiger charge is -2.31. The molecule has 0 saturated carbocycles. The van der Waals surface area contributed by atoms with Crippen molar-refractivity contribution in [1.29, 1.82) is 0 Å². The van der Waals surface area contributed by atoms with Crippen molar-refractivity contribution in [3.8, 4) is 33.7 Å². The molecule has 72 heavy (non-hydrogen) atoms. The Morgan fingerprint density at radius 1 is 0.611 bits per heavy atom. The quantitative estimate of drug-likeness (QED) is 0.136. The number of hydrogen-bond acceptors (Lipinski definition) is 2. The average Bonchev–Trinajstić information content (AvgIpc) is 3.66. The van der Waals surface area contributed by atoms with Crippen molar-refractivity contribution >= 4 is 38.8 Å². The summed E-state index contributed by atoms with van der Waals surface area (Å²) >= 11 is 0. The minimum Gasteiger partial charge on any atom is -0.488 e. The van der Waals surface area contributed by atoms with Crippen LogP contribution in [-0.2, 0) is 5.41 Å². The van der Waals surface area contributed by atoms with Gasteiger partial charge in [0.1, 0.15) is 11.4 Å². The van der Waals surface area contributed by atoms with Crippen molar-refractivity contribution in [2.24, 2.45) is 11.3 Å². The lowest BCUT2D eigenvalue weighted by atomic mass is 9.74. The van der Waals surface area contributed by atoms with Crippen molar-refractivity contribution in [2.45, 2.75) is 98.0 Å². The Morgan fingerprint density at radius 2 is 1.22 bits per heavy atom. The highest BCUT2D eigenvalue weighted by Gasteiger charge is 2.44. The van der Waals surface area contributed by atoms with Gasteiger partial charge in [0.05, 0.1) is 11.0 Å². The molecule has 3 aliphatic rings. The summed E-state index contributed by atoms with van der Waals surface area (Å²) in [4.78, 5) is 2.46. The van der Waals surface area contributed by atoms with Crippen molar-refractivity contribution in [1.82, 2.24) is 4.57 Å². The van der Waals surface area contributed by atoms with Gasteiger partial charge in [-0.2, -0.15) is 0 Å². The third-order valence-electron chi connectivity index (χ3n) is 15.3. The predicted octanol–water partition coefficient (Wildman–Crippen LogP) is 19.0. The molecule has 0 bridgehead atoms. The summed E-state index contributed by atoms with van der Waals surface area (Å²) in [6, 6.07) is 59.0. The molecule has 0 aliphatic heterocycles. The van der Waals surface area contributed by atoms with Gasteiger partial charge in [-0.25, -0.2) is 0 Å². The summed E-state index contributed by atoms with van der Waals surface area (Å²) in [7, 11) is 0. The summed E-state index contributed by atoms with van der Waals surface area (Å²) in [5.74, 6) is 2.21. The molecule has 360 valence electrons. The highest BCUT2D eigenvalue weighted by atomic mass is 16.5. The zero-order valence-corrected chi connectivity index (χ0v) is 43.6. The Kier molecular flexibility index (Phi) is 12.0. The molecule has 3 nitrogen and oxygen atoms in total. The van der Waals surface area contributed by atoms with Gasteiger partial charge in [0.2, 0.25) is 0 Å². The van der Waals surface area contributed by atoms with Gasteiger partial charge in [0.15, 0.2) is 0 Å². The molecular weight excluding hydrogens is 873 g/mol. The van der Waals surface area contributed by atoms with Crippen molar-refractivity contribution in [3.63, 3.8) is 0 Å². The summed E-state index contributed by atoms with van der Waals surface area (Å²) < 4.78 is 8.66. The fraction of sp³-hybridized carbons (Fsp3) is 0.246. The molecule has 0 saturated heterocycles. The molecule has 3 unspecified atom stereocenters. The van der Waals surface area contributed by atoms with E-state index in [9.17, 15) is 0 Å². The topological polar surface area (TPSA) is 17.4 Å². The molecule has 0 fully saturated rings. The number of rotatable bonds is 10. The van der Waals surface area contributed by atoms with Crippen LogP contribution < -0.4 is 9.64 Å². The molecule has 8 aromatic rings. The first-order valence-electron chi connectivity index (χ1n) is 26.1. The number of benzene rings is 7. The summed E-state index contributed by atoms with van der Waals surface area (Å²) in [5.41, 5.74) is 18.5. The van der Waals surface area contributed by atoms with Crippen molar-refractivity contribution in [3.05, 3.63) is 234 Å². The van der Waals surface area contributed by atoms with Crippen LogP contribution in [0.25, 0.3) is 55.3 Å². The second-order valence-electron chi connectivity index (χ2n) is 23.2. The van der Waals surface area contributed by atoms with E-state index >= 15 is 0 Å². The van der Waals surface area contributed by atoms with E-state index in [1.54, 1.807) is 0 Å². The molecule has 0 spiro atoms. The van der Waals surface area contributed by atoms with Crippen LogP contribution in [0.2, 0.25) is 0 Å². The van der Waals surface area contributed by atoms with E-state index < -0.39 is 0 Å². The molecule has 1 aromatic heterocycles. The van der Waals surface area contributed by atoms with Gasteiger partial charge < -0.3 is 14.2 Å². The summed E-state index contributed by atoms with van der Waals surface area (Å²) in [6.45, 7) is 20.5. The average molecular weight is 941 g/mol. The van der Waals surface area contributed by atoms with Crippen LogP contribution in [0.3, 0.4) is 0 Å². The molecule has 3 aliphatic carbocycles. The summed E-state index contributed by atoms with van der Waals surface area (Å²) in [5, 5.41) is 2.45. The minimum atomic E-state index is -0.276. The Morgan fingerprint density at radius 3 is 1.86 bits per heavy atom. The van der Waals surface area contributed by atoms with Crippen LogP contribution in [-0.4, -0.2) is 10.2 Å². The van der Waals surface area contributed by atoms with E-state index in [2.05, 4.69) is 278 Å². The predicted molar refractivity (Wildman–Crippen MR) is 307 cm³/mol. The largest absolute Gasteiger partial charge is 0.488 e. The number of anilines is 2. The van der Waals surface area contributed by atoms with E-state index in [4.69, 9.17) is 4.74 Å². The van der Waals surface area contributed by atoms with Crippen LogP contribution in [0.15, 0.2) is 212 Å². The minimum absolute atomic E-state index is 0.00437. The van der Waals surface area contributed by atoms with Crippen LogP contribution in [0.5, 0.6) is 5.75 Å². The number of aromatic nitrogens is 1. The molecule has 7 aromatic carbocycles. The normalized spacial score (nSPS) is 17.6. The standard InChI is InChI=1S/C69H68N2O/c1-46(45-67(2,3)4)47-22-24-50(25-23-47)52-29-40-65-61(42-52)62-43-53(30-41-66(62)71(65)56-34-37-58(38-35-56)72-68(5,6)7)51-27-32-55(33-28-51)70(54-19-15-18-49(26-31-54)48-16-11-10-12-17-48)57-36-39-60-59-20-13-14-21-63(59)69(8,9)64(60)44-57/h10-14,16-44,46,59,63H,15,45H2,1-9H3. The van der Waals surface area contributed by atoms with Gasteiger partial charge in [-0.1, -0.05) is 169 Å². The number of allylic oxidation sites excluding steroid dienone is 9. The number of nitrogens with zero attached hydrogens (tertiary/aromatic N) is 2. The third-order valence-corrected chi connectivity index (χ3v) is 15.3. The molecule has 1 heterocycles. The molecule has 11 rings (SSSR count). The van der Waals surface area contributed by atoms with Crippen molar-refractivity contribution in [2.75, 3.05) is 4.90 Å². The maximum absolute atomic E-state index is 6.25. The monoisotopic (exact) mass is 941 g/mol. The highest BCUT2D eigenvalue weighted by Crippen LogP contribution is 2.54. The number of ether oxygens (including phenoxy) is 1. The Labute approximate surface area is 428 Å². The SMILES string of the molecule is CC(CC(C)(C)C)c1ccc(-c2ccc3c(c2)c2cc(-c4ccc(N(C5=CCC=C(c6ccccc6)C=C5)c5ccc6c(c5)C(C)(C)C5C=CC=CC65)cc4)ccc2n3-c2ccc(OC(C)(C)C)cc2)cc1. The molecular formula is C69H68N2O. The zero-order valence-electron chi connectivity index (χ0n) is 43.6. The maximum Gasteiger partial charge on any atom is 0.120 e. The van der Waals surface area contributed by atoms with Crippen LogP contribution in [0.1, 0.15) is 109 Å². The van der Waals surface area contributed by atoms with Crippen molar-refractivity contribution < 1.29 is 4.74 Å². The van der Waals surface area contributed by atoms with E-state index in [0.29, 0.717) is 17.8 Å². The van der Waals surface area contributed by atoms with Gasteiger partial charge >= 0.3 is 0 Å². The van der Waals surface area contributed by atoms with Crippen LogP contribution >= 0.6 is 0 Å². The molecule has 3 atom stereocenters. The fourth-order valence-corrected chi connectivity index (χ4v) is 11.9. The van der Waals surface area contributed by atoms with Crippen LogP contribution in [0.4, 0.5) is 11.4 Å². The Bertz CT molecular complexity index is 3470. The molecule has 0 amide bonds. The lowest BCUT2D eigenvalue weighted by molar-refractivity contribution is 0.131. The lowest BCUT2D eigenvalue weighted by Crippen LogP contribution is -2.25. The van der Waals surface area contributed by atoms with E-state index in [0.717, 1.165) is 35.7 Å².